The Morgan fingerprint density at radius 3 is 2.50 bits per heavy atom. The molecule has 0 saturated carbocycles. The molecule has 0 aliphatic rings. The van der Waals surface area contributed by atoms with E-state index in [9.17, 15) is 23.2 Å². The smallest absolute Gasteiger partial charge is 0.345 e. The molecular formula is C16H18F2N4O4. The first kappa shape index (κ1) is 19.3. The van der Waals surface area contributed by atoms with Gasteiger partial charge in [-0.25, -0.2) is 13.6 Å². The minimum Gasteiger partial charge on any atom is -0.345 e. The maximum Gasteiger partial charge on any atom is 0.442 e. The molecule has 10 heteroatoms. The van der Waals surface area contributed by atoms with Crippen LogP contribution in [0.25, 0.3) is 0 Å². The number of halogens is 2. The topological polar surface area (TPSA) is 106 Å². The SMILES string of the molecule is CC(C)(C)c1noc(=O)n1CC(=O)NCC(=O)Nc1ccc(F)c(F)c1. The van der Waals surface area contributed by atoms with Crippen molar-refractivity contribution in [3.63, 3.8) is 0 Å². The zero-order valence-corrected chi connectivity index (χ0v) is 14.4. The van der Waals surface area contributed by atoms with Gasteiger partial charge in [0, 0.05) is 17.2 Å². The summed E-state index contributed by atoms with van der Waals surface area (Å²) < 4.78 is 31.6. The van der Waals surface area contributed by atoms with E-state index in [1.54, 1.807) is 20.8 Å². The molecule has 0 aliphatic heterocycles. The van der Waals surface area contributed by atoms with Crippen LogP contribution in [0, 0.1) is 11.6 Å². The molecule has 0 radical (unpaired) electrons. The molecule has 2 aromatic rings. The summed E-state index contributed by atoms with van der Waals surface area (Å²) in [5.41, 5.74) is -0.468. The number of nitrogens with zero attached hydrogens (tertiary/aromatic N) is 2. The van der Waals surface area contributed by atoms with Crippen LogP contribution in [0.15, 0.2) is 27.5 Å². The van der Waals surface area contributed by atoms with E-state index in [-0.39, 0.29) is 12.2 Å². The highest BCUT2D eigenvalue weighted by Gasteiger charge is 2.25. The van der Waals surface area contributed by atoms with Crippen molar-refractivity contribution in [1.29, 1.82) is 0 Å². The molecule has 0 atom stereocenters. The number of nitrogens with one attached hydrogen (secondary N) is 2. The van der Waals surface area contributed by atoms with E-state index in [0.717, 1.165) is 16.7 Å². The average Bonchev–Trinajstić information content (AvgIpc) is 2.90. The molecule has 0 saturated heterocycles. The van der Waals surface area contributed by atoms with Gasteiger partial charge in [-0.2, -0.15) is 0 Å². The minimum atomic E-state index is -1.10. The van der Waals surface area contributed by atoms with Gasteiger partial charge in [0.15, 0.2) is 17.5 Å². The molecule has 0 fully saturated rings. The lowest BCUT2D eigenvalue weighted by Crippen LogP contribution is -2.37. The van der Waals surface area contributed by atoms with Gasteiger partial charge in [0.2, 0.25) is 11.8 Å². The second-order valence-corrected chi connectivity index (χ2v) is 6.56. The summed E-state index contributed by atoms with van der Waals surface area (Å²) in [4.78, 5) is 35.4. The Morgan fingerprint density at radius 2 is 1.88 bits per heavy atom. The van der Waals surface area contributed by atoms with Crippen LogP contribution < -0.4 is 16.4 Å². The number of anilines is 1. The van der Waals surface area contributed by atoms with Crippen molar-refractivity contribution in [2.75, 3.05) is 11.9 Å². The maximum absolute atomic E-state index is 13.1. The van der Waals surface area contributed by atoms with Gasteiger partial charge in [-0.1, -0.05) is 25.9 Å². The van der Waals surface area contributed by atoms with Gasteiger partial charge < -0.3 is 10.6 Å². The molecule has 2 rings (SSSR count). The zero-order valence-electron chi connectivity index (χ0n) is 14.4. The first-order valence-electron chi connectivity index (χ1n) is 7.66. The summed E-state index contributed by atoms with van der Waals surface area (Å²) in [5.74, 6) is -3.88. The normalized spacial score (nSPS) is 11.3. The maximum atomic E-state index is 13.1. The monoisotopic (exact) mass is 368 g/mol. The Balaban J connectivity index is 1.93. The zero-order chi connectivity index (χ0) is 19.5. The molecule has 0 bridgehead atoms. The number of aromatic nitrogens is 2. The van der Waals surface area contributed by atoms with Gasteiger partial charge in [-0.15, -0.1) is 0 Å². The van der Waals surface area contributed by atoms with Crippen LogP contribution in [0.2, 0.25) is 0 Å². The Morgan fingerprint density at radius 1 is 1.19 bits per heavy atom. The van der Waals surface area contributed by atoms with Gasteiger partial charge in [0.25, 0.3) is 0 Å². The van der Waals surface area contributed by atoms with Crippen LogP contribution in [0.5, 0.6) is 0 Å². The summed E-state index contributed by atoms with van der Waals surface area (Å²) in [5, 5.41) is 8.29. The predicted molar refractivity (Wildman–Crippen MR) is 87.5 cm³/mol. The van der Waals surface area contributed by atoms with Crippen molar-refractivity contribution < 1.29 is 22.9 Å². The third kappa shape index (κ3) is 4.74. The highest BCUT2D eigenvalue weighted by Crippen LogP contribution is 2.18. The van der Waals surface area contributed by atoms with E-state index in [1.807, 2.05) is 0 Å². The minimum absolute atomic E-state index is 0.0495. The van der Waals surface area contributed by atoms with E-state index in [4.69, 9.17) is 0 Å². The number of hydrogen-bond acceptors (Lipinski definition) is 5. The van der Waals surface area contributed by atoms with Crippen molar-refractivity contribution in [2.24, 2.45) is 0 Å². The van der Waals surface area contributed by atoms with Crippen LogP contribution in [-0.4, -0.2) is 28.1 Å². The van der Waals surface area contributed by atoms with Crippen LogP contribution in [0.3, 0.4) is 0 Å². The fraction of sp³-hybridized carbons (Fsp3) is 0.375. The molecule has 2 N–H and O–H groups in total. The Hall–Kier alpha value is -3.04. The lowest BCUT2D eigenvalue weighted by atomic mass is 9.96. The van der Waals surface area contributed by atoms with Crippen molar-refractivity contribution in [2.45, 2.75) is 32.7 Å². The van der Waals surface area contributed by atoms with Crippen molar-refractivity contribution in [3.8, 4) is 0 Å². The van der Waals surface area contributed by atoms with Crippen LogP contribution >= 0.6 is 0 Å². The molecule has 0 unspecified atom stereocenters. The van der Waals surface area contributed by atoms with Crippen LogP contribution in [0.4, 0.5) is 14.5 Å². The molecule has 0 aliphatic carbocycles. The lowest BCUT2D eigenvalue weighted by Gasteiger charge is -2.16. The Labute approximate surface area is 147 Å². The van der Waals surface area contributed by atoms with E-state index in [0.29, 0.717) is 5.82 Å². The molecule has 2 amide bonds. The quantitative estimate of drug-likeness (QED) is 0.824. The molecule has 1 aromatic carbocycles. The van der Waals surface area contributed by atoms with Crippen molar-refractivity contribution in [3.05, 3.63) is 46.2 Å². The van der Waals surface area contributed by atoms with E-state index < -0.39 is 41.2 Å². The fourth-order valence-corrected chi connectivity index (χ4v) is 2.11. The van der Waals surface area contributed by atoms with Crippen LogP contribution in [-0.2, 0) is 21.5 Å². The number of rotatable bonds is 5. The summed E-state index contributed by atoms with van der Waals surface area (Å²) in [7, 11) is 0. The first-order chi connectivity index (χ1) is 12.1. The average molecular weight is 368 g/mol. The summed E-state index contributed by atoms with van der Waals surface area (Å²) in [6.45, 7) is 4.62. The van der Waals surface area contributed by atoms with E-state index in [1.165, 1.54) is 6.07 Å². The van der Waals surface area contributed by atoms with Gasteiger partial charge >= 0.3 is 5.76 Å². The number of hydrogen-bond donors (Lipinski definition) is 2. The third-order valence-electron chi connectivity index (χ3n) is 3.31. The van der Waals surface area contributed by atoms with Crippen LogP contribution in [0.1, 0.15) is 26.6 Å². The van der Waals surface area contributed by atoms with Gasteiger partial charge in [0.1, 0.15) is 6.54 Å². The molecule has 1 aromatic heterocycles. The largest absolute Gasteiger partial charge is 0.442 e. The fourth-order valence-electron chi connectivity index (χ4n) is 2.11. The summed E-state index contributed by atoms with van der Waals surface area (Å²) in [6, 6.07) is 2.88. The highest BCUT2D eigenvalue weighted by molar-refractivity contribution is 5.94. The molecule has 26 heavy (non-hydrogen) atoms. The van der Waals surface area contributed by atoms with Gasteiger partial charge in [-0.05, 0) is 12.1 Å². The predicted octanol–water partition coefficient (Wildman–Crippen LogP) is 1.17. The number of carbonyl (C=O) groups is 2. The van der Waals surface area contributed by atoms with Crippen molar-refractivity contribution in [1.82, 2.24) is 15.0 Å². The molecular weight excluding hydrogens is 350 g/mol. The molecule has 0 spiro atoms. The van der Waals surface area contributed by atoms with E-state index in [2.05, 4.69) is 20.3 Å². The summed E-state index contributed by atoms with van der Waals surface area (Å²) in [6.07, 6.45) is 0. The number of carbonyl (C=O) groups excluding carboxylic acids is 2. The molecule has 8 nitrogen and oxygen atoms in total. The summed E-state index contributed by atoms with van der Waals surface area (Å²) >= 11 is 0. The number of amides is 2. The standard InChI is InChI=1S/C16H18F2N4O4/c1-16(2,3)14-21-26-15(25)22(14)8-13(24)19-7-12(23)20-9-4-5-10(17)11(18)6-9/h4-6H,7-8H2,1-3H3,(H,19,24)(H,20,23). The van der Waals surface area contributed by atoms with Crippen molar-refractivity contribution >= 4 is 17.5 Å². The lowest BCUT2D eigenvalue weighted by molar-refractivity contribution is -0.124. The molecule has 140 valence electrons. The number of benzene rings is 1. The molecule has 1 heterocycles. The Kier molecular flexibility index (Phi) is 5.53. The second kappa shape index (κ2) is 7.46. The Bertz CT molecular complexity index is 883. The van der Waals surface area contributed by atoms with Gasteiger partial charge in [-0.3, -0.25) is 18.7 Å². The third-order valence-corrected chi connectivity index (χ3v) is 3.31. The first-order valence-corrected chi connectivity index (χ1v) is 7.66. The second-order valence-electron chi connectivity index (χ2n) is 6.56. The highest BCUT2D eigenvalue weighted by atomic mass is 19.2. The van der Waals surface area contributed by atoms with E-state index >= 15 is 0 Å². The van der Waals surface area contributed by atoms with Gasteiger partial charge in [0.05, 0.1) is 6.54 Å².